The molecule has 140 valence electrons. The van der Waals surface area contributed by atoms with Crippen molar-refractivity contribution in [3.63, 3.8) is 0 Å². The number of hydrogen-bond donors (Lipinski definition) is 1. The number of carbonyl (C=O) groups is 1. The fraction of sp³-hybridized carbons (Fsp3) is 0.250. The van der Waals surface area contributed by atoms with Crippen molar-refractivity contribution in [3.05, 3.63) is 65.5 Å². The molecule has 0 saturated heterocycles. The van der Waals surface area contributed by atoms with Gasteiger partial charge >= 0.3 is 6.01 Å². The molecule has 27 heavy (non-hydrogen) atoms. The van der Waals surface area contributed by atoms with E-state index in [1.54, 1.807) is 18.9 Å². The monoisotopic (exact) mass is 383 g/mol. The molecule has 0 atom stereocenters. The van der Waals surface area contributed by atoms with Crippen LogP contribution in [0.25, 0.3) is 0 Å². The van der Waals surface area contributed by atoms with E-state index in [9.17, 15) is 4.79 Å². The molecule has 1 heterocycles. The molecule has 0 radical (unpaired) electrons. The lowest BCUT2D eigenvalue weighted by Crippen LogP contribution is -2.14. The first-order valence-electron chi connectivity index (χ1n) is 8.63. The highest BCUT2D eigenvalue weighted by atomic mass is 32.2. The van der Waals surface area contributed by atoms with Crippen LogP contribution in [0.4, 0.5) is 6.01 Å². The number of rotatable bonds is 8. The van der Waals surface area contributed by atoms with Crippen LogP contribution in [0.1, 0.15) is 23.9 Å². The van der Waals surface area contributed by atoms with Gasteiger partial charge in [-0.05, 0) is 41.1 Å². The third kappa shape index (κ3) is 5.59. The molecule has 0 bridgehead atoms. The first-order chi connectivity index (χ1) is 13.2. The van der Waals surface area contributed by atoms with Gasteiger partial charge in [-0.3, -0.25) is 10.1 Å². The average Bonchev–Trinajstić information content (AvgIpc) is 3.11. The van der Waals surface area contributed by atoms with E-state index in [0.29, 0.717) is 12.3 Å². The molecule has 7 heteroatoms. The highest BCUT2D eigenvalue weighted by Gasteiger charge is 2.11. The Hall–Kier alpha value is -2.80. The first-order valence-corrected chi connectivity index (χ1v) is 9.61. The first kappa shape index (κ1) is 19.0. The summed E-state index contributed by atoms with van der Waals surface area (Å²) in [6, 6.07) is 15.7. The number of methoxy groups -OCH3 is 1. The Labute approximate surface area is 162 Å². The topological polar surface area (TPSA) is 77.2 Å². The van der Waals surface area contributed by atoms with Gasteiger partial charge in [0.1, 0.15) is 5.75 Å². The van der Waals surface area contributed by atoms with Crippen molar-refractivity contribution in [2.45, 2.75) is 24.7 Å². The molecule has 1 N–H and O–H groups in total. The third-order valence-corrected chi connectivity index (χ3v) is 4.72. The Morgan fingerprint density at radius 2 is 1.78 bits per heavy atom. The Morgan fingerprint density at radius 1 is 1.07 bits per heavy atom. The van der Waals surface area contributed by atoms with Crippen molar-refractivity contribution in [2.24, 2.45) is 0 Å². The van der Waals surface area contributed by atoms with E-state index in [2.05, 4.69) is 34.6 Å². The van der Waals surface area contributed by atoms with Crippen LogP contribution in [0.2, 0.25) is 0 Å². The van der Waals surface area contributed by atoms with Gasteiger partial charge in [-0.2, -0.15) is 0 Å². The van der Waals surface area contributed by atoms with Crippen LogP contribution in [0, 0.1) is 0 Å². The molecule has 0 saturated carbocycles. The lowest BCUT2D eigenvalue weighted by Gasteiger charge is -2.03. The largest absolute Gasteiger partial charge is 0.497 e. The molecule has 3 rings (SSSR count). The van der Waals surface area contributed by atoms with E-state index in [1.165, 1.54) is 4.90 Å². The van der Waals surface area contributed by atoms with Crippen molar-refractivity contribution >= 4 is 23.7 Å². The van der Waals surface area contributed by atoms with Gasteiger partial charge in [-0.25, -0.2) is 0 Å². The van der Waals surface area contributed by atoms with Crippen molar-refractivity contribution in [1.29, 1.82) is 0 Å². The number of ether oxygens (including phenoxy) is 1. The van der Waals surface area contributed by atoms with Gasteiger partial charge in [0.15, 0.2) is 0 Å². The minimum absolute atomic E-state index is 0.113. The molecule has 0 aliphatic carbocycles. The van der Waals surface area contributed by atoms with E-state index in [-0.39, 0.29) is 18.3 Å². The summed E-state index contributed by atoms with van der Waals surface area (Å²) in [6.07, 6.45) is 0.747. The normalized spacial score (nSPS) is 10.6. The quantitative estimate of drug-likeness (QED) is 0.593. The number of benzene rings is 2. The number of aromatic nitrogens is 2. The van der Waals surface area contributed by atoms with Crippen LogP contribution in [0.3, 0.4) is 0 Å². The van der Waals surface area contributed by atoms with Crippen LogP contribution in [0.15, 0.2) is 57.8 Å². The molecule has 0 fully saturated rings. The van der Waals surface area contributed by atoms with E-state index in [4.69, 9.17) is 9.15 Å². The van der Waals surface area contributed by atoms with Crippen molar-refractivity contribution in [3.8, 4) is 5.75 Å². The lowest BCUT2D eigenvalue weighted by molar-refractivity contribution is -0.115. The maximum Gasteiger partial charge on any atom is 0.322 e. The predicted octanol–water partition coefficient (Wildman–Crippen LogP) is 3.96. The number of thioether (sulfide) groups is 1. The Morgan fingerprint density at radius 3 is 2.44 bits per heavy atom. The Bertz CT molecular complexity index is 876. The Balaban J connectivity index is 1.54. The molecule has 0 aliphatic rings. The lowest BCUT2D eigenvalue weighted by atomic mass is 10.1. The van der Waals surface area contributed by atoms with E-state index in [0.717, 1.165) is 22.6 Å². The standard InChI is InChI=1S/C20H21N3O3S/c1-3-27-17-10-6-15(7-11-17)13-19-22-23-20(26-19)21-18(24)12-14-4-8-16(25-2)9-5-14/h4-11H,3,12-13H2,1-2H3,(H,21,23,24). The number of hydrogen-bond acceptors (Lipinski definition) is 6. The van der Waals surface area contributed by atoms with Gasteiger partial charge in [-0.15, -0.1) is 16.9 Å². The van der Waals surface area contributed by atoms with Crippen molar-refractivity contribution < 1.29 is 13.9 Å². The summed E-state index contributed by atoms with van der Waals surface area (Å²) >= 11 is 1.80. The molecule has 0 aliphatic heterocycles. The molecule has 0 spiro atoms. The minimum Gasteiger partial charge on any atom is -0.497 e. The second-order valence-corrected chi connectivity index (χ2v) is 7.17. The van der Waals surface area contributed by atoms with Crippen LogP contribution in [0.5, 0.6) is 5.75 Å². The van der Waals surface area contributed by atoms with Crippen LogP contribution in [-0.2, 0) is 17.6 Å². The zero-order chi connectivity index (χ0) is 19.1. The van der Waals surface area contributed by atoms with Crippen molar-refractivity contribution in [2.75, 3.05) is 18.2 Å². The summed E-state index contributed by atoms with van der Waals surface area (Å²) in [4.78, 5) is 13.4. The van der Waals surface area contributed by atoms with Gasteiger partial charge in [0.2, 0.25) is 11.8 Å². The highest BCUT2D eigenvalue weighted by Crippen LogP contribution is 2.19. The van der Waals surface area contributed by atoms with Gasteiger partial charge in [-0.1, -0.05) is 36.3 Å². The average molecular weight is 383 g/mol. The number of carbonyl (C=O) groups excluding carboxylic acids is 1. The highest BCUT2D eigenvalue weighted by molar-refractivity contribution is 7.99. The number of amides is 1. The summed E-state index contributed by atoms with van der Waals surface area (Å²) in [6.45, 7) is 2.13. The van der Waals surface area contributed by atoms with E-state index in [1.807, 2.05) is 36.4 Å². The zero-order valence-corrected chi connectivity index (χ0v) is 16.1. The van der Waals surface area contributed by atoms with Gasteiger partial charge in [0.25, 0.3) is 0 Å². The SMILES string of the molecule is CCSc1ccc(Cc2nnc(NC(=O)Cc3ccc(OC)cc3)o2)cc1. The van der Waals surface area contributed by atoms with Gasteiger partial charge < -0.3 is 9.15 Å². The molecule has 1 amide bonds. The number of anilines is 1. The van der Waals surface area contributed by atoms with E-state index < -0.39 is 0 Å². The molecule has 6 nitrogen and oxygen atoms in total. The summed E-state index contributed by atoms with van der Waals surface area (Å²) in [5.41, 5.74) is 1.95. The van der Waals surface area contributed by atoms with Crippen molar-refractivity contribution in [1.82, 2.24) is 10.2 Å². The van der Waals surface area contributed by atoms with Gasteiger partial charge in [0, 0.05) is 4.90 Å². The van der Waals surface area contributed by atoms with E-state index >= 15 is 0 Å². The molecular formula is C20H21N3O3S. The van der Waals surface area contributed by atoms with Crippen LogP contribution >= 0.6 is 11.8 Å². The second-order valence-electron chi connectivity index (χ2n) is 5.83. The van der Waals surface area contributed by atoms with Gasteiger partial charge in [0.05, 0.1) is 20.0 Å². The third-order valence-electron chi connectivity index (χ3n) is 3.83. The second kappa shape index (κ2) is 9.23. The fourth-order valence-electron chi connectivity index (χ4n) is 2.51. The van der Waals surface area contributed by atoms with Crippen LogP contribution in [-0.4, -0.2) is 29.0 Å². The maximum atomic E-state index is 12.1. The number of nitrogens with one attached hydrogen (secondary N) is 1. The molecule has 1 aromatic heterocycles. The van der Waals surface area contributed by atoms with Crippen LogP contribution < -0.4 is 10.1 Å². The predicted molar refractivity (Wildman–Crippen MR) is 105 cm³/mol. The maximum absolute atomic E-state index is 12.1. The molecular weight excluding hydrogens is 362 g/mol. The summed E-state index contributed by atoms with van der Waals surface area (Å²) in [5.74, 6) is 2.05. The zero-order valence-electron chi connectivity index (χ0n) is 15.3. The minimum atomic E-state index is -0.212. The fourth-order valence-corrected chi connectivity index (χ4v) is 3.17. The molecule has 2 aromatic carbocycles. The number of nitrogens with zero attached hydrogens (tertiary/aromatic N) is 2. The smallest absolute Gasteiger partial charge is 0.322 e. The summed E-state index contributed by atoms with van der Waals surface area (Å²) in [5, 5.41) is 10.5. The molecule has 0 unspecified atom stereocenters. The summed E-state index contributed by atoms with van der Waals surface area (Å²) in [7, 11) is 1.60. The Kier molecular flexibility index (Phi) is 6.49. The summed E-state index contributed by atoms with van der Waals surface area (Å²) < 4.78 is 10.6. The molecule has 3 aromatic rings.